The molecule has 2 heterocycles. The first-order valence-electron chi connectivity index (χ1n) is 5.96. The quantitative estimate of drug-likeness (QED) is 0.610. The number of hydrogen-bond donors (Lipinski definition) is 0. The smallest absolute Gasteiger partial charge is 0.138 e. The van der Waals surface area contributed by atoms with E-state index in [0.717, 1.165) is 26.1 Å². The van der Waals surface area contributed by atoms with Crippen molar-refractivity contribution in [2.75, 3.05) is 19.8 Å². The molecule has 0 bridgehead atoms. The minimum absolute atomic E-state index is 0.0871. The number of ketones is 1. The zero-order chi connectivity index (χ0) is 10.4. The van der Waals surface area contributed by atoms with Gasteiger partial charge in [-0.15, -0.1) is 0 Å². The molecule has 0 amide bonds. The average molecular weight is 210 g/mol. The lowest BCUT2D eigenvalue weighted by molar-refractivity contribution is -0.182. The van der Waals surface area contributed by atoms with Crippen molar-refractivity contribution in [1.29, 1.82) is 0 Å². The fourth-order valence-electron chi connectivity index (χ4n) is 3.12. The van der Waals surface area contributed by atoms with Gasteiger partial charge in [-0.3, -0.25) is 4.79 Å². The van der Waals surface area contributed by atoms with Gasteiger partial charge in [0.2, 0.25) is 0 Å². The predicted octanol–water partition coefficient (Wildman–Crippen LogP) is 1.70. The van der Waals surface area contributed by atoms with Gasteiger partial charge >= 0.3 is 0 Å². The molecule has 0 unspecified atom stereocenters. The van der Waals surface area contributed by atoms with E-state index in [-0.39, 0.29) is 5.60 Å². The Hall–Kier alpha value is -0.410. The van der Waals surface area contributed by atoms with Gasteiger partial charge in [-0.05, 0) is 25.7 Å². The molecule has 0 N–H and O–H groups in total. The summed E-state index contributed by atoms with van der Waals surface area (Å²) in [5.41, 5.74) is 0.366. The van der Waals surface area contributed by atoms with Gasteiger partial charge in [-0.2, -0.15) is 0 Å². The van der Waals surface area contributed by atoms with Gasteiger partial charge < -0.3 is 9.47 Å². The Morgan fingerprint density at radius 2 is 1.80 bits per heavy atom. The van der Waals surface area contributed by atoms with Gasteiger partial charge in [-0.1, -0.05) is 0 Å². The zero-order valence-corrected chi connectivity index (χ0v) is 9.09. The van der Waals surface area contributed by atoms with Crippen LogP contribution < -0.4 is 0 Å². The maximum Gasteiger partial charge on any atom is 0.138 e. The molecule has 84 valence electrons. The van der Waals surface area contributed by atoms with Gasteiger partial charge in [-0.25, -0.2) is 0 Å². The van der Waals surface area contributed by atoms with Crippen LogP contribution in [0.5, 0.6) is 0 Å². The summed E-state index contributed by atoms with van der Waals surface area (Å²) in [6, 6.07) is 0. The molecule has 3 heteroatoms. The Kier molecular flexibility index (Phi) is 2.15. The molecule has 3 nitrogen and oxygen atoms in total. The second-order valence-corrected chi connectivity index (χ2v) is 5.49. The second-order valence-electron chi connectivity index (χ2n) is 5.49. The summed E-state index contributed by atoms with van der Waals surface area (Å²) in [6.45, 7) is 2.50. The summed E-state index contributed by atoms with van der Waals surface area (Å²) in [5.74, 6) is 0.391. The molecule has 0 radical (unpaired) electrons. The molecule has 3 fully saturated rings. The van der Waals surface area contributed by atoms with Crippen LogP contribution in [-0.2, 0) is 14.3 Å². The zero-order valence-electron chi connectivity index (χ0n) is 9.09. The lowest BCUT2D eigenvalue weighted by atomic mass is 9.66. The molecule has 0 aromatic rings. The molecule has 2 spiro atoms. The minimum Gasteiger partial charge on any atom is -0.380 e. The van der Waals surface area contributed by atoms with E-state index in [1.807, 2.05) is 0 Å². The Morgan fingerprint density at radius 1 is 1.07 bits per heavy atom. The molecule has 2 aliphatic heterocycles. The monoisotopic (exact) mass is 210 g/mol. The van der Waals surface area contributed by atoms with Crippen LogP contribution in [0.3, 0.4) is 0 Å². The fraction of sp³-hybridized carbons (Fsp3) is 0.917. The topological polar surface area (TPSA) is 35.5 Å². The highest BCUT2D eigenvalue weighted by Crippen LogP contribution is 2.48. The number of carbonyl (C=O) groups excluding carboxylic acids is 1. The largest absolute Gasteiger partial charge is 0.380 e. The molecular formula is C12H18O3. The highest BCUT2D eigenvalue weighted by Gasteiger charge is 2.48. The van der Waals surface area contributed by atoms with Crippen molar-refractivity contribution in [2.24, 2.45) is 5.41 Å². The first-order chi connectivity index (χ1) is 7.22. The first kappa shape index (κ1) is 9.79. The Morgan fingerprint density at radius 3 is 2.33 bits per heavy atom. The van der Waals surface area contributed by atoms with E-state index in [9.17, 15) is 4.79 Å². The molecule has 3 aliphatic rings. The third-order valence-corrected chi connectivity index (χ3v) is 4.35. The molecule has 3 rings (SSSR count). The van der Waals surface area contributed by atoms with Crippen LogP contribution in [0.1, 0.15) is 38.5 Å². The maximum atomic E-state index is 11.5. The van der Waals surface area contributed by atoms with Crippen LogP contribution in [0.4, 0.5) is 0 Å². The fourth-order valence-corrected chi connectivity index (χ4v) is 3.12. The SMILES string of the molecule is O=C1CCOC2(CCC3(CC2)COC3)C1. The Bertz CT molecular complexity index is 271. The van der Waals surface area contributed by atoms with Crippen molar-refractivity contribution in [3.63, 3.8) is 0 Å². The molecule has 1 aliphatic carbocycles. The summed E-state index contributed by atoms with van der Waals surface area (Å²) < 4.78 is 11.2. The Balaban J connectivity index is 1.66. The van der Waals surface area contributed by atoms with E-state index in [0.29, 0.717) is 30.6 Å². The molecule has 1 saturated carbocycles. The molecule has 0 atom stereocenters. The van der Waals surface area contributed by atoms with E-state index < -0.39 is 0 Å². The van der Waals surface area contributed by atoms with E-state index in [1.54, 1.807) is 0 Å². The van der Waals surface area contributed by atoms with Crippen LogP contribution in [0, 0.1) is 5.41 Å². The van der Waals surface area contributed by atoms with Crippen LogP contribution in [0.25, 0.3) is 0 Å². The third kappa shape index (κ3) is 1.62. The number of carbonyl (C=O) groups is 1. The normalized spacial score (nSPS) is 32.9. The predicted molar refractivity (Wildman–Crippen MR) is 54.6 cm³/mol. The van der Waals surface area contributed by atoms with Crippen molar-refractivity contribution in [3.05, 3.63) is 0 Å². The molecular weight excluding hydrogens is 192 g/mol. The number of ether oxygens (including phenoxy) is 2. The summed E-state index contributed by atoms with van der Waals surface area (Å²) in [5, 5.41) is 0. The number of rotatable bonds is 0. The highest BCUT2D eigenvalue weighted by atomic mass is 16.5. The highest BCUT2D eigenvalue weighted by molar-refractivity contribution is 5.80. The lowest BCUT2D eigenvalue weighted by Crippen LogP contribution is -2.52. The van der Waals surface area contributed by atoms with Gasteiger partial charge in [0.05, 0.1) is 25.4 Å². The third-order valence-electron chi connectivity index (χ3n) is 4.35. The molecule has 15 heavy (non-hydrogen) atoms. The summed E-state index contributed by atoms with van der Waals surface area (Å²) >= 11 is 0. The van der Waals surface area contributed by atoms with Crippen molar-refractivity contribution in [2.45, 2.75) is 44.1 Å². The van der Waals surface area contributed by atoms with Crippen molar-refractivity contribution >= 4 is 5.78 Å². The van der Waals surface area contributed by atoms with Crippen LogP contribution in [0.2, 0.25) is 0 Å². The van der Waals surface area contributed by atoms with Gasteiger partial charge in [0.25, 0.3) is 0 Å². The van der Waals surface area contributed by atoms with Crippen LogP contribution in [-0.4, -0.2) is 31.2 Å². The van der Waals surface area contributed by atoms with Crippen molar-refractivity contribution < 1.29 is 14.3 Å². The lowest BCUT2D eigenvalue weighted by Gasteiger charge is -2.51. The summed E-state index contributed by atoms with van der Waals surface area (Å²) in [7, 11) is 0. The van der Waals surface area contributed by atoms with E-state index >= 15 is 0 Å². The van der Waals surface area contributed by atoms with Gasteiger partial charge in [0.15, 0.2) is 0 Å². The van der Waals surface area contributed by atoms with Gasteiger partial charge in [0.1, 0.15) is 5.78 Å². The second kappa shape index (κ2) is 3.29. The van der Waals surface area contributed by atoms with Crippen molar-refractivity contribution in [3.8, 4) is 0 Å². The molecule has 0 aromatic carbocycles. The molecule has 0 aromatic heterocycles. The van der Waals surface area contributed by atoms with E-state index in [1.165, 1.54) is 12.8 Å². The van der Waals surface area contributed by atoms with Gasteiger partial charge in [0, 0.05) is 18.3 Å². The van der Waals surface area contributed by atoms with E-state index in [2.05, 4.69) is 0 Å². The van der Waals surface area contributed by atoms with Crippen LogP contribution >= 0.6 is 0 Å². The van der Waals surface area contributed by atoms with Crippen LogP contribution in [0.15, 0.2) is 0 Å². The van der Waals surface area contributed by atoms with Crippen molar-refractivity contribution in [1.82, 2.24) is 0 Å². The number of hydrogen-bond acceptors (Lipinski definition) is 3. The summed E-state index contributed by atoms with van der Waals surface area (Å²) in [6.07, 6.45) is 5.75. The summed E-state index contributed by atoms with van der Waals surface area (Å²) in [4.78, 5) is 11.5. The molecule has 2 saturated heterocycles. The number of Topliss-reactive ketones (excluding diaryl/α,β-unsaturated/α-hetero) is 1. The Labute approximate surface area is 90.1 Å². The minimum atomic E-state index is -0.0871. The average Bonchev–Trinajstić information content (AvgIpc) is 2.16. The van der Waals surface area contributed by atoms with E-state index in [4.69, 9.17) is 9.47 Å². The standard InChI is InChI=1S/C12H18O3/c13-10-1-6-15-12(7-10)4-2-11(3-5-12)8-14-9-11/h1-9H2. The first-order valence-corrected chi connectivity index (χ1v) is 5.96. The maximum absolute atomic E-state index is 11.5.